The molecule has 2 aromatic carbocycles. The van der Waals surface area contributed by atoms with Crippen molar-refractivity contribution in [1.82, 2.24) is 10.2 Å². The third-order valence-corrected chi connectivity index (χ3v) is 6.28. The molecule has 0 atom stereocenters. The van der Waals surface area contributed by atoms with Crippen LogP contribution in [0.5, 0.6) is 0 Å². The lowest BCUT2D eigenvalue weighted by molar-refractivity contribution is -0.137. The van der Waals surface area contributed by atoms with E-state index in [1.807, 2.05) is 4.90 Å². The average Bonchev–Trinajstić information content (AvgIpc) is 3.27. The van der Waals surface area contributed by atoms with Crippen molar-refractivity contribution >= 4 is 40.6 Å². The van der Waals surface area contributed by atoms with Crippen molar-refractivity contribution in [2.24, 2.45) is 0 Å². The van der Waals surface area contributed by atoms with Gasteiger partial charge in [-0.2, -0.15) is 13.2 Å². The summed E-state index contributed by atoms with van der Waals surface area (Å²) in [6.07, 6.45) is -1.52. The van der Waals surface area contributed by atoms with Crippen molar-refractivity contribution in [1.29, 1.82) is 0 Å². The SMILES string of the molecule is O=C(CSc1nnc(-c2ccccc2Cl)o1)Nc1cc(C(F)(F)F)ccc1N1CCCCC1. The van der Waals surface area contributed by atoms with E-state index in [0.717, 1.165) is 56.2 Å². The highest BCUT2D eigenvalue weighted by Gasteiger charge is 2.32. The normalized spacial score (nSPS) is 14.4. The van der Waals surface area contributed by atoms with Crippen LogP contribution in [0.15, 0.2) is 52.1 Å². The quantitative estimate of drug-likeness (QED) is 0.414. The van der Waals surface area contributed by atoms with E-state index in [1.54, 1.807) is 24.3 Å². The topological polar surface area (TPSA) is 71.3 Å². The molecular weight excluding hydrogens is 477 g/mol. The van der Waals surface area contributed by atoms with E-state index in [2.05, 4.69) is 15.5 Å². The third-order valence-electron chi connectivity index (χ3n) is 5.13. The molecule has 6 nitrogen and oxygen atoms in total. The van der Waals surface area contributed by atoms with Crippen LogP contribution in [0.2, 0.25) is 5.02 Å². The van der Waals surface area contributed by atoms with E-state index >= 15 is 0 Å². The number of benzene rings is 2. The van der Waals surface area contributed by atoms with E-state index in [-0.39, 0.29) is 22.6 Å². The first-order valence-electron chi connectivity index (χ1n) is 10.3. The maximum absolute atomic E-state index is 13.3. The zero-order valence-corrected chi connectivity index (χ0v) is 18.9. The van der Waals surface area contributed by atoms with Crippen LogP contribution >= 0.6 is 23.4 Å². The second kappa shape index (κ2) is 10.0. The summed E-state index contributed by atoms with van der Waals surface area (Å²) in [5.74, 6) is -0.372. The van der Waals surface area contributed by atoms with Crippen LogP contribution in [0.4, 0.5) is 24.5 Å². The molecule has 33 heavy (non-hydrogen) atoms. The predicted octanol–water partition coefficient (Wildman–Crippen LogP) is 6.13. The summed E-state index contributed by atoms with van der Waals surface area (Å²) in [6, 6.07) is 10.4. The molecule has 0 radical (unpaired) electrons. The zero-order valence-electron chi connectivity index (χ0n) is 17.4. The summed E-state index contributed by atoms with van der Waals surface area (Å²) >= 11 is 7.12. The molecule has 1 fully saturated rings. The number of rotatable bonds is 6. The molecule has 2 heterocycles. The Kier molecular flexibility index (Phi) is 7.14. The first-order valence-corrected chi connectivity index (χ1v) is 11.6. The number of anilines is 2. The molecule has 0 aliphatic carbocycles. The molecule has 11 heteroatoms. The Morgan fingerprint density at radius 3 is 2.61 bits per heavy atom. The van der Waals surface area contributed by atoms with Crippen LogP contribution in [-0.4, -0.2) is 34.9 Å². The second-order valence-corrected chi connectivity index (χ2v) is 8.80. The summed E-state index contributed by atoms with van der Waals surface area (Å²) in [6.45, 7) is 1.46. The summed E-state index contributed by atoms with van der Waals surface area (Å²) in [7, 11) is 0. The molecular formula is C22H20ClF3N4O2S. The van der Waals surface area contributed by atoms with E-state index in [9.17, 15) is 18.0 Å². The first-order chi connectivity index (χ1) is 15.8. The van der Waals surface area contributed by atoms with Gasteiger partial charge in [-0.15, -0.1) is 10.2 Å². The monoisotopic (exact) mass is 496 g/mol. The van der Waals surface area contributed by atoms with Gasteiger partial charge in [0.15, 0.2) is 0 Å². The number of carbonyl (C=O) groups excluding carboxylic acids is 1. The van der Waals surface area contributed by atoms with Crippen molar-refractivity contribution in [3.8, 4) is 11.5 Å². The van der Waals surface area contributed by atoms with Crippen molar-refractivity contribution in [2.75, 3.05) is 29.1 Å². The van der Waals surface area contributed by atoms with Gasteiger partial charge in [0.2, 0.25) is 11.8 Å². The summed E-state index contributed by atoms with van der Waals surface area (Å²) in [5, 5.41) is 11.1. The number of hydrogen-bond acceptors (Lipinski definition) is 6. The molecule has 1 N–H and O–H groups in total. The predicted molar refractivity (Wildman–Crippen MR) is 122 cm³/mol. The van der Waals surface area contributed by atoms with Crippen LogP contribution < -0.4 is 10.2 Å². The maximum atomic E-state index is 13.3. The summed E-state index contributed by atoms with van der Waals surface area (Å²) in [4.78, 5) is 14.6. The molecule has 0 unspecified atom stereocenters. The smallest absolute Gasteiger partial charge is 0.411 e. The van der Waals surface area contributed by atoms with Gasteiger partial charge in [-0.25, -0.2) is 0 Å². The van der Waals surface area contributed by atoms with Gasteiger partial charge < -0.3 is 14.6 Å². The van der Waals surface area contributed by atoms with E-state index in [1.165, 1.54) is 6.07 Å². The fourth-order valence-corrected chi connectivity index (χ4v) is 4.33. The van der Waals surface area contributed by atoms with Crippen molar-refractivity contribution in [3.63, 3.8) is 0 Å². The van der Waals surface area contributed by atoms with Crippen molar-refractivity contribution < 1.29 is 22.4 Å². The average molecular weight is 497 g/mol. The van der Waals surface area contributed by atoms with Gasteiger partial charge in [0.25, 0.3) is 5.22 Å². The zero-order chi connectivity index (χ0) is 23.4. The van der Waals surface area contributed by atoms with Crippen molar-refractivity contribution in [2.45, 2.75) is 30.7 Å². The number of hydrogen-bond donors (Lipinski definition) is 1. The van der Waals surface area contributed by atoms with Crippen LogP contribution in [0.25, 0.3) is 11.5 Å². The molecule has 0 spiro atoms. The van der Waals surface area contributed by atoms with E-state index in [0.29, 0.717) is 16.3 Å². The Balaban J connectivity index is 1.46. The van der Waals surface area contributed by atoms with Gasteiger partial charge in [-0.3, -0.25) is 4.79 Å². The molecule has 1 amide bonds. The molecule has 174 valence electrons. The summed E-state index contributed by atoms with van der Waals surface area (Å²) in [5.41, 5.74) is 0.477. The number of amides is 1. The van der Waals surface area contributed by atoms with Gasteiger partial charge >= 0.3 is 6.18 Å². The fraction of sp³-hybridized carbons (Fsp3) is 0.318. The summed E-state index contributed by atoms with van der Waals surface area (Å²) < 4.78 is 45.3. The maximum Gasteiger partial charge on any atom is 0.416 e. The lowest BCUT2D eigenvalue weighted by atomic mass is 10.1. The standard InChI is InChI=1S/C22H20ClF3N4O2S/c23-16-7-3-2-6-15(16)20-28-29-21(32-20)33-13-19(31)27-17-12-14(22(24,25)26)8-9-18(17)30-10-4-1-5-11-30/h2-3,6-9,12H,1,4-5,10-11,13H2,(H,27,31). The number of piperidine rings is 1. The number of aromatic nitrogens is 2. The van der Waals surface area contributed by atoms with Gasteiger partial charge in [0.1, 0.15) is 0 Å². The number of alkyl halides is 3. The van der Waals surface area contributed by atoms with Crippen LogP contribution in [0.1, 0.15) is 24.8 Å². The molecule has 1 aliphatic heterocycles. The molecule has 0 bridgehead atoms. The molecule has 0 saturated carbocycles. The Labute approximate surface area is 197 Å². The molecule has 3 aromatic rings. The van der Waals surface area contributed by atoms with Gasteiger partial charge in [0.05, 0.1) is 33.3 Å². The van der Waals surface area contributed by atoms with Crippen molar-refractivity contribution in [3.05, 3.63) is 53.1 Å². The van der Waals surface area contributed by atoms with Crippen LogP contribution in [0, 0.1) is 0 Å². The lowest BCUT2D eigenvalue weighted by Crippen LogP contribution is -2.30. The Morgan fingerprint density at radius 1 is 1.12 bits per heavy atom. The number of nitrogens with zero attached hydrogens (tertiary/aromatic N) is 3. The van der Waals surface area contributed by atoms with Crippen LogP contribution in [-0.2, 0) is 11.0 Å². The minimum Gasteiger partial charge on any atom is -0.411 e. The van der Waals surface area contributed by atoms with Gasteiger partial charge in [-0.1, -0.05) is 35.5 Å². The highest BCUT2D eigenvalue weighted by molar-refractivity contribution is 7.99. The molecule has 1 aromatic heterocycles. The third kappa shape index (κ3) is 5.80. The number of thioether (sulfide) groups is 1. The number of halogens is 4. The highest BCUT2D eigenvalue weighted by Crippen LogP contribution is 2.36. The fourth-order valence-electron chi connectivity index (χ4n) is 3.55. The molecule has 4 rings (SSSR count). The minimum absolute atomic E-state index is 0.111. The minimum atomic E-state index is -4.51. The van der Waals surface area contributed by atoms with E-state index in [4.69, 9.17) is 16.0 Å². The second-order valence-electron chi connectivity index (χ2n) is 7.47. The van der Waals surface area contributed by atoms with Gasteiger partial charge in [-0.05, 0) is 49.6 Å². The largest absolute Gasteiger partial charge is 0.416 e. The lowest BCUT2D eigenvalue weighted by Gasteiger charge is -2.31. The number of nitrogens with one attached hydrogen (secondary N) is 1. The molecule has 1 saturated heterocycles. The highest BCUT2D eigenvalue weighted by atomic mass is 35.5. The molecule has 1 aliphatic rings. The van der Waals surface area contributed by atoms with Gasteiger partial charge in [0, 0.05) is 13.1 Å². The van der Waals surface area contributed by atoms with E-state index < -0.39 is 17.6 Å². The Morgan fingerprint density at radius 2 is 1.88 bits per heavy atom. The number of carbonyl (C=O) groups is 1. The first kappa shape index (κ1) is 23.4. The Hall–Kier alpha value is -2.72. The van der Waals surface area contributed by atoms with Crippen LogP contribution in [0.3, 0.4) is 0 Å². The Bertz CT molecular complexity index is 1130.